The molecule has 0 aliphatic carbocycles. The highest BCUT2D eigenvalue weighted by Crippen LogP contribution is 2.36. The summed E-state index contributed by atoms with van der Waals surface area (Å²) >= 11 is 1.05. The van der Waals surface area contributed by atoms with Gasteiger partial charge in [-0.25, -0.2) is 9.37 Å². The molecule has 0 amide bonds. The number of hydrogen-bond acceptors (Lipinski definition) is 6. The topological polar surface area (TPSA) is 95.2 Å². The van der Waals surface area contributed by atoms with E-state index in [9.17, 15) is 4.39 Å². The number of pyridine rings is 2. The second kappa shape index (κ2) is 10.1. The Morgan fingerprint density at radius 2 is 1.70 bits per heavy atom. The lowest BCUT2D eigenvalue weighted by atomic mass is 10.1. The normalized spacial score (nSPS) is 11.6. The lowest BCUT2D eigenvalue weighted by molar-refractivity contribution is 0.638. The van der Waals surface area contributed by atoms with Crippen molar-refractivity contribution in [3.8, 4) is 33.2 Å². The van der Waals surface area contributed by atoms with Crippen LogP contribution >= 0.6 is 11.3 Å². The van der Waals surface area contributed by atoms with Crippen LogP contribution in [0.3, 0.4) is 0 Å². The number of benzene rings is 2. The molecule has 0 aliphatic rings. The van der Waals surface area contributed by atoms with Crippen molar-refractivity contribution in [2.75, 3.05) is 0 Å². The Labute approximate surface area is 231 Å². The molecule has 5 aromatic heterocycles. The summed E-state index contributed by atoms with van der Waals surface area (Å²) in [5, 5.41) is 10.6. The Bertz CT molecular complexity index is 1980. The number of halogens is 2. The summed E-state index contributed by atoms with van der Waals surface area (Å²) < 4.78 is 29.8. The summed E-state index contributed by atoms with van der Waals surface area (Å²) in [6.45, 7) is 1.29. The third-order valence-corrected chi connectivity index (χ3v) is 7.60. The highest BCUT2D eigenvalue weighted by atomic mass is 32.1. The number of rotatable bonds is 7. The van der Waals surface area contributed by atoms with Gasteiger partial charge in [-0.05, 0) is 35.4 Å². The van der Waals surface area contributed by atoms with Gasteiger partial charge in [-0.2, -0.15) is 9.49 Å². The van der Waals surface area contributed by atoms with Gasteiger partial charge >= 0.3 is 0 Å². The zero-order valence-corrected chi connectivity index (χ0v) is 21.8. The van der Waals surface area contributed by atoms with Crippen molar-refractivity contribution in [2.45, 2.75) is 13.1 Å². The predicted molar refractivity (Wildman–Crippen MR) is 152 cm³/mol. The van der Waals surface area contributed by atoms with Crippen LogP contribution in [0, 0.1) is 10.9 Å². The number of nitrogens with zero attached hydrogens (tertiary/aromatic N) is 4. The minimum atomic E-state index is -0.515. The molecule has 5 heterocycles. The number of thiophene rings is 1. The van der Waals surface area contributed by atoms with Gasteiger partial charge in [0.1, 0.15) is 11.4 Å². The first-order chi connectivity index (χ1) is 19.6. The average molecular weight is 550 g/mol. The first-order valence-corrected chi connectivity index (χ1v) is 13.4. The molecule has 0 aliphatic heterocycles. The Morgan fingerprint density at radius 1 is 0.825 bits per heavy atom. The molecule has 0 saturated carbocycles. The summed E-state index contributed by atoms with van der Waals surface area (Å²) in [6.07, 6.45) is 4.92. The minimum Gasteiger partial charge on any atom is -0.337 e. The van der Waals surface area contributed by atoms with Gasteiger partial charge in [0.25, 0.3) is 0 Å². The molecule has 3 N–H and O–H groups in total. The van der Waals surface area contributed by atoms with Gasteiger partial charge < -0.3 is 10.3 Å². The second-order valence-electron chi connectivity index (χ2n) is 9.34. The van der Waals surface area contributed by atoms with Gasteiger partial charge in [0.15, 0.2) is 16.8 Å². The summed E-state index contributed by atoms with van der Waals surface area (Å²) in [6, 6.07) is 20.8. The highest BCUT2D eigenvalue weighted by molar-refractivity contribution is 7.14. The van der Waals surface area contributed by atoms with Crippen molar-refractivity contribution in [1.82, 2.24) is 35.5 Å². The third kappa shape index (κ3) is 4.42. The van der Waals surface area contributed by atoms with Crippen LogP contribution in [0.4, 0.5) is 8.78 Å². The van der Waals surface area contributed by atoms with Gasteiger partial charge in [0, 0.05) is 41.5 Å². The van der Waals surface area contributed by atoms with Gasteiger partial charge in [-0.3, -0.25) is 15.1 Å². The Balaban J connectivity index is 1.23. The van der Waals surface area contributed by atoms with Crippen LogP contribution in [-0.2, 0) is 13.1 Å². The van der Waals surface area contributed by atoms with E-state index in [0.29, 0.717) is 41.2 Å². The SMILES string of the molecule is Fc1ccc(-c2cccc3[nH]c(-c4n[nH]c5cnc(-c6cncc(CNCc7ccccc7)c6)c(F)c45)nc23)s1. The van der Waals surface area contributed by atoms with Gasteiger partial charge in [0.05, 0.1) is 28.1 Å². The summed E-state index contributed by atoms with van der Waals surface area (Å²) in [5.74, 6) is -0.114. The van der Waals surface area contributed by atoms with Crippen LogP contribution in [0.2, 0.25) is 0 Å². The number of aromatic nitrogens is 6. The maximum Gasteiger partial charge on any atom is 0.176 e. The van der Waals surface area contributed by atoms with E-state index in [1.807, 2.05) is 42.5 Å². The van der Waals surface area contributed by atoms with Gasteiger partial charge in [-0.1, -0.05) is 42.5 Å². The number of nitrogens with one attached hydrogen (secondary N) is 3. The fraction of sp³-hybridized carbons (Fsp3) is 0.0667. The van der Waals surface area contributed by atoms with Crippen LogP contribution in [0.5, 0.6) is 0 Å². The first kappa shape index (κ1) is 24.3. The van der Waals surface area contributed by atoms with Gasteiger partial charge in [-0.15, -0.1) is 11.3 Å². The molecule has 7 rings (SSSR count). The molecular weight excluding hydrogens is 528 g/mol. The van der Waals surface area contributed by atoms with Crippen LogP contribution < -0.4 is 5.32 Å². The molecule has 0 unspecified atom stereocenters. The van der Waals surface area contributed by atoms with E-state index in [1.54, 1.807) is 24.7 Å². The molecule has 0 spiro atoms. The van der Waals surface area contributed by atoms with Crippen molar-refractivity contribution in [3.63, 3.8) is 0 Å². The molecule has 7 nitrogen and oxygen atoms in total. The first-order valence-electron chi connectivity index (χ1n) is 12.6. The largest absolute Gasteiger partial charge is 0.337 e. The molecule has 0 atom stereocenters. The Hall–Kier alpha value is -4.80. The minimum absolute atomic E-state index is 0.179. The fourth-order valence-corrected chi connectivity index (χ4v) is 5.57. The van der Waals surface area contributed by atoms with Crippen molar-refractivity contribution >= 4 is 33.3 Å². The summed E-state index contributed by atoms with van der Waals surface area (Å²) in [5.41, 5.74) is 5.82. The molecule has 2 aromatic carbocycles. The van der Waals surface area contributed by atoms with E-state index in [2.05, 4.69) is 42.6 Å². The molecule has 0 bridgehead atoms. The number of imidazole rings is 1. The number of aromatic amines is 2. The molecule has 0 radical (unpaired) electrons. The zero-order valence-electron chi connectivity index (χ0n) is 21.0. The monoisotopic (exact) mass is 549 g/mol. The molecule has 0 saturated heterocycles. The smallest absolute Gasteiger partial charge is 0.176 e. The van der Waals surface area contributed by atoms with E-state index < -0.39 is 5.82 Å². The van der Waals surface area contributed by atoms with E-state index in [4.69, 9.17) is 4.98 Å². The van der Waals surface area contributed by atoms with E-state index >= 15 is 4.39 Å². The predicted octanol–water partition coefficient (Wildman–Crippen LogP) is 6.86. The maximum absolute atomic E-state index is 16.1. The molecule has 196 valence electrons. The van der Waals surface area contributed by atoms with E-state index in [-0.39, 0.29) is 16.2 Å². The van der Waals surface area contributed by atoms with Crippen LogP contribution in [0.15, 0.2) is 85.3 Å². The standard InChI is InChI=1S/C30H21F2N7S/c31-24-10-9-23(40-24)20-7-4-8-21-28(20)37-30(36-21)29-25-22(38-39-29)16-35-27(26(25)32)19-11-18(14-34-15-19)13-33-12-17-5-2-1-3-6-17/h1-11,14-16,33H,12-13H2,(H,36,37)(H,38,39). The molecular formula is C30H21F2N7S. The van der Waals surface area contributed by atoms with Crippen molar-refractivity contribution in [3.05, 3.63) is 107 Å². The number of H-pyrrole nitrogens is 2. The van der Waals surface area contributed by atoms with Crippen molar-refractivity contribution < 1.29 is 8.78 Å². The Morgan fingerprint density at radius 3 is 2.55 bits per heavy atom. The Kier molecular flexibility index (Phi) is 6.10. The quantitative estimate of drug-likeness (QED) is 0.202. The lowest BCUT2D eigenvalue weighted by Gasteiger charge is -2.08. The van der Waals surface area contributed by atoms with E-state index in [1.165, 1.54) is 11.6 Å². The van der Waals surface area contributed by atoms with E-state index in [0.717, 1.165) is 32.9 Å². The van der Waals surface area contributed by atoms with Crippen LogP contribution in [-0.4, -0.2) is 30.1 Å². The summed E-state index contributed by atoms with van der Waals surface area (Å²) in [7, 11) is 0. The number of fused-ring (bicyclic) bond motifs is 2. The third-order valence-electron chi connectivity index (χ3n) is 6.69. The van der Waals surface area contributed by atoms with Crippen molar-refractivity contribution in [2.24, 2.45) is 0 Å². The fourth-order valence-electron chi connectivity index (χ4n) is 4.81. The zero-order chi connectivity index (χ0) is 27.1. The van der Waals surface area contributed by atoms with Gasteiger partial charge in [0.2, 0.25) is 0 Å². The number of para-hydroxylation sites is 1. The second-order valence-corrected chi connectivity index (χ2v) is 10.4. The summed E-state index contributed by atoms with van der Waals surface area (Å²) in [4.78, 5) is 17.5. The number of hydrogen-bond donors (Lipinski definition) is 3. The average Bonchev–Trinajstić information content (AvgIpc) is 3.72. The molecule has 7 aromatic rings. The lowest BCUT2D eigenvalue weighted by Crippen LogP contribution is -2.12. The van der Waals surface area contributed by atoms with Crippen molar-refractivity contribution in [1.29, 1.82) is 0 Å². The highest BCUT2D eigenvalue weighted by Gasteiger charge is 2.21. The van der Waals surface area contributed by atoms with Crippen LogP contribution in [0.25, 0.3) is 55.2 Å². The molecule has 40 heavy (non-hydrogen) atoms. The molecule has 0 fully saturated rings. The van der Waals surface area contributed by atoms with Crippen LogP contribution in [0.1, 0.15) is 11.1 Å². The molecule has 10 heteroatoms. The maximum atomic E-state index is 16.1.